The average molecular weight is 269 g/mol. The third-order valence-corrected chi connectivity index (χ3v) is 3.46. The van der Waals surface area contributed by atoms with Crippen LogP contribution in [0.1, 0.15) is 36.5 Å². The molecule has 0 atom stereocenters. The Kier molecular flexibility index (Phi) is 4.80. The summed E-state index contributed by atoms with van der Waals surface area (Å²) in [6.07, 6.45) is 0.905. The Balaban J connectivity index is 2.11. The van der Waals surface area contributed by atoms with Gasteiger partial charge in [-0.1, -0.05) is 32.0 Å². The van der Waals surface area contributed by atoms with Gasteiger partial charge in [0.05, 0.1) is 0 Å². The minimum atomic E-state index is 0.541. The fraction of sp³-hybridized carbons (Fsp3) is 0.333. The summed E-state index contributed by atoms with van der Waals surface area (Å²) < 4.78 is 5.90. The van der Waals surface area contributed by atoms with Gasteiger partial charge in [0.1, 0.15) is 11.5 Å². The smallest absolute Gasteiger partial charge is 0.127 e. The SMILES string of the molecule is Cc1cc(Oc2ccc(CCN)cc2)ccc1C(C)C. The number of hydrogen-bond acceptors (Lipinski definition) is 2. The summed E-state index contributed by atoms with van der Waals surface area (Å²) in [6, 6.07) is 14.4. The summed E-state index contributed by atoms with van der Waals surface area (Å²) in [4.78, 5) is 0. The number of hydrogen-bond donors (Lipinski definition) is 1. The minimum absolute atomic E-state index is 0.541. The highest BCUT2D eigenvalue weighted by molar-refractivity contribution is 5.39. The minimum Gasteiger partial charge on any atom is -0.457 e. The van der Waals surface area contributed by atoms with Crippen LogP contribution in [0, 0.1) is 6.92 Å². The first-order chi connectivity index (χ1) is 9.60. The summed E-state index contributed by atoms with van der Waals surface area (Å²) in [7, 11) is 0. The van der Waals surface area contributed by atoms with Crippen LogP contribution in [0.4, 0.5) is 0 Å². The van der Waals surface area contributed by atoms with E-state index in [9.17, 15) is 0 Å². The third-order valence-electron chi connectivity index (χ3n) is 3.46. The van der Waals surface area contributed by atoms with Crippen LogP contribution in [0.3, 0.4) is 0 Å². The molecule has 0 spiro atoms. The summed E-state index contributed by atoms with van der Waals surface area (Å²) in [5, 5.41) is 0. The molecule has 2 aromatic rings. The van der Waals surface area contributed by atoms with E-state index in [0.717, 1.165) is 17.9 Å². The molecule has 0 aromatic heterocycles. The highest BCUT2D eigenvalue weighted by Gasteiger charge is 2.05. The van der Waals surface area contributed by atoms with Gasteiger partial charge in [-0.05, 0) is 66.8 Å². The lowest BCUT2D eigenvalue weighted by Gasteiger charge is -2.12. The molecule has 0 aliphatic rings. The molecule has 2 nitrogen and oxygen atoms in total. The highest BCUT2D eigenvalue weighted by Crippen LogP contribution is 2.27. The average Bonchev–Trinajstić information content (AvgIpc) is 2.41. The normalized spacial score (nSPS) is 10.8. The maximum atomic E-state index is 5.90. The maximum absolute atomic E-state index is 5.90. The topological polar surface area (TPSA) is 35.2 Å². The standard InChI is InChI=1S/C18H23NO/c1-13(2)18-9-8-17(12-14(18)3)20-16-6-4-15(5-7-16)10-11-19/h4-9,12-13H,10-11,19H2,1-3H3. The zero-order chi connectivity index (χ0) is 14.5. The molecule has 106 valence electrons. The van der Waals surface area contributed by atoms with Crippen LogP contribution in [-0.2, 0) is 6.42 Å². The van der Waals surface area contributed by atoms with Gasteiger partial charge in [-0.3, -0.25) is 0 Å². The first-order valence-electron chi connectivity index (χ1n) is 7.17. The molecule has 0 amide bonds. The van der Waals surface area contributed by atoms with Crippen molar-refractivity contribution in [2.75, 3.05) is 6.54 Å². The Morgan fingerprint density at radius 2 is 1.65 bits per heavy atom. The molecule has 0 radical (unpaired) electrons. The second-order valence-electron chi connectivity index (χ2n) is 5.46. The third kappa shape index (κ3) is 3.61. The fourth-order valence-electron chi connectivity index (χ4n) is 2.39. The van der Waals surface area contributed by atoms with E-state index in [4.69, 9.17) is 10.5 Å². The van der Waals surface area contributed by atoms with Gasteiger partial charge < -0.3 is 10.5 Å². The van der Waals surface area contributed by atoms with Gasteiger partial charge in [-0.25, -0.2) is 0 Å². The summed E-state index contributed by atoms with van der Waals surface area (Å²) in [6.45, 7) is 7.22. The van der Waals surface area contributed by atoms with Crippen molar-refractivity contribution < 1.29 is 4.74 Å². The van der Waals surface area contributed by atoms with Crippen molar-refractivity contribution in [1.29, 1.82) is 0 Å². The van der Waals surface area contributed by atoms with Crippen LogP contribution in [-0.4, -0.2) is 6.54 Å². The Labute approximate surface area is 121 Å². The number of ether oxygens (including phenoxy) is 1. The van der Waals surface area contributed by atoms with Crippen molar-refractivity contribution in [2.24, 2.45) is 5.73 Å². The van der Waals surface area contributed by atoms with Crippen molar-refractivity contribution in [2.45, 2.75) is 33.1 Å². The molecular weight excluding hydrogens is 246 g/mol. The summed E-state index contributed by atoms with van der Waals surface area (Å²) in [5.41, 5.74) is 9.43. The van der Waals surface area contributed by atoms with Crippen molar-refractivity contribution in [3.05, 3.63) is 59.2 Å². The van der Waals surface area contributed by atoms with Crippen LogP contribution in [0.15, 0.2) is 42.5 Å². The quantitative estimate of drug-likeness (QED) is 0.872. The first-order valence-corrected chi connectivity index (χ1v) is 7.17. The zero-order valence-corrected chi connectivity index (χ0v) is 12.5. The molecule has 0 saturated carbocycles. The van der Waals surface area contributed by atoms with Gasteiger partial charge in [0, 0.05) is 0 Å². The van der Waals surface area contributed by atoms with E-state index in [0.29, 0.717) is 12.5 Å². The summed E-state index contributed by atoms with van der Waals surface area (Å²) >= 11 is 0. The molecule has 0 unspecified atom stereocenters. The van der Waals surface area contributed by atoms with Crippen molar-refractivity contribution >= 4 is 0 Å². The molecule has 0 bridgehead atoms. The van der Waals surface area contributed by atoms with Crippen molar-refractivity contribution in [3.8, 4) is 11.5 Å². The predicted molar refractivity (Wildman–Crippen MR) is 84.5 cm³/mol. The fourth-order valence-corrected chi connectivity index (χ4v) is 2.39. The van der Waals surface area contributed by atoms with E-state index in [1.165, 1.54) is 16.7 Å². The second-order valence-corrected chi connectivity index (χ2v) is 5.46. The van der Waals surface area contributed by atoms with Crippen molar-refractivity contribution in [1.82, 2.24) is 0 Å². The van der Waals surface area contributed by atoms with E-state index in [1.807, 2.05) is 18.2 Å². The Morgan fingerprint density at radius 1 is 1.00 bits per heavy atom. The maximum Gasteiger partial charge on any atom is 0.127 e. The second kappa shape index (κ2) is 6.58. The van der Waals surface area contributed by atoms with Gasteiger partial charge in [0.25, 0.3) is 0 Å². The lowest BCUT2D eigenvalue weighted by molar-refractivity contribution is 0.481. The van der Waals surface area contributed by atoms with Gasteiger partial charge in [-0.15, -0.1) is 0 Å². The summed E-state index contributed by atoms with van der Waals surface area (Å²) in [5.74, 6) is 2.29. The highest BCUT2D eigenvalue weighted by atomic mass is 16.5. The first kappa shape index (κ1) is 14.6. The molecule has 0 aliphatic carbocycles. The predicted octanol–water partition coefficient (Wildman–Crippen LogP) is 4.41. The Bertz CT molecular complexity index is 558. The van der Waals surface area contributed by atoms with Gasteiger partial charge in [0.15, 0.2) is 0 Å². The molecular formula is C18H23NO. The van der Waals surface area contributed by atoms with Gasteiger partial charge in [-0.2, -0.15) is 0 Å². The zero-order valence-electron chi connectivity index (χ0n) is 12.5. The number of benzene rings is 2. The van der Waals surface area contributed by atoms with Crippen LogP contribution < -0.4 is 10.5 Å². The van der Waals surface area contributed by atoms with E-state index < -0.39 is 0 Å². The van der Waals surface area contributed by atoms with E-state index in [2.05, 4.69) is 45.0 Å². The number of nitrogens with two attached hydrogens (primary N) is 1. The number of rotatable bonds is 5. The van der Waals surface area contributed by atoms with Gasteiger partial charge in [0.2, 0.25) is 0 Å². The molecule has 2 N–H and O–H groups in total. The molecule has 2 rings (SSSR count). The van der Waals surface area contributed by atoms with Crippen LogP contribution in [0.2, 0.25) is 0 Å². The Hall–Kier alpha value is -1.80. The monoisotopic (exact) mass is 269 g/mol. The van der Waals surface area contributed by atoms with E-state index in [1.54, 1.807) is 0 Å². The largest absolute Gasteiger partial charge is 0.457 e. The Morgan fingerprint density at radius 3 is 2.20 bits per heavy atom. The molecule has 2 heteroatoms. The van der Waals surface area contributed by atoms with E-state index in [-0.39, 0.29) is 0 Å². The molecule has 2 aromatic carbocycles. The molecule has 0 fully saturated rings. The van der Waals surface area contributed by atoms with Gasteiger partial charge >= 0.3 is 0 Å². The molecule has 0 aliphatic heterocycles. The number of aryl methyl sites for hydroxylation is 1. The van der Waals surface area contributed by atoms with Crippen LogP contribution >= 0.6 is 0 Å². The lowest BCUT2D eigenvalue weighted by atomic mass is 9.98. The molecule has 20 heavy (non-hydrogen) atoms. The molecule has 0 heterocycles. The molecule has 0 saturated heterocycles. The van der Waals surface area contributed by atoms with Crippen molar-refractivity contribution in [3.63, 3.8) is 0 Å². The van der Waals surface area contributed by atoms with Crippen LogP contribution in [0.25, 0.3) is 0 Å². The van der Waals surface area contributed by atoms with E-state index >= 15 is 0 Å². The lowest BCUT2D eigenvalue weighted by Crippen LogP contribution is -2.02. The van der Waals surface area contributed by atoms with Crippen LogP contribution in [0.5, 0.6) is 11.5 Å².